The number of benzene rings is 2. The molecule has 1 aliphatic heterocycles. The van der Waals surface area contributed by atoms with Crippen molar-refractivity contribution in [2.24, 2.45) is 0 Å². The molecule has 0 saturated carbocycles. The van der Waals surface area contributed by atoms with Crippen LogP contribution in [0, 0.1) is 0 Å². The maximum absolute atomic E-state index is 12.0. The first-order chi connectivity index (χ1) is 11.7. The fourth-order valence-corrected chi connectivity index (χ4v) is 2.66. The fourth-order valence-electron chi connectivity index (χ4n) is 2.40. The summed E-state index contributed by atoms with van der Waals surface area (Å²) in [6.07, 6.45) is 0. The Bertz CT molecular complexity index is 704. The normalized spacial score (nSPS) is 12.7. The number of halogens is 1. The van der Waals surface area contributed by atoms with Crippen molar-refractivity contribution in [3.63, 3.8) is 0 Å². The predicted octanol–water partition coefficient (Wildman–Crippen LogP) is 2.74. The molecule has 6 heteroatoms. The van der Waals surface area contributed by atoms with Gasteiger partial charge in [0.15, 0.2) is 11.5 Å². The van der Waals surface area contributed by atoms with Gasteiger partial charge in [-0.15, -0.1) is 0 Å². The average Bonchev–Trinajstić information content (AvgIpc) is 2.61. The highest BCUT2D eigenvalue weighted by molar-refractivity contribution is 9.10. The molecule has 0 aliphatic carbocycles. The van der Waals surface area contributed by atoms with E-state index in [4.69, 9.17) is 9.47 Å². The van der Waals surface area contributed by atoms with Crippen LogP contribution in [0.2, 0.25) is 0 Å². The summed E-state index contributed by atoms with van der Waals surface area (Å²) in [7, 11) is 0. The van der Waals surface area contributed by atoms with Gasteiger partial charge in [-0.25, -0.2) is 0 Å². The maximum Gasteiger partial charge on any atom is 0.251 e. The molecule has 24 heavy (non-hydrogen) atoms. The van der Waals surface area contributed by atoms with E-state index in [1.807, 2.05) is 30.3 Å². The van der Waals surface area contributed by atoms with Crippen LogP contribution in [-0.4, -0.2) is 32.2 Å². The molecule has 1 heterocycles. The lowest BCUT2D eigenvalue weighted by Crippen LogP contribution is -2.31. The smallest absolute Gasteiger partial charge is 0.251 e. The molecule has 0 fully saturated rings. The molecule has 2 aromatic rings. The Labute approximate surface area is 149 Å². The van der Waals surface area contributed by atoms with E-state index in [9.17, 15) is 4.79 Å². The standard InChI is InChI=1S/C18H19BrN2O3/c19-15-4-2-14(3-5-15)18(22)21-8-7-20-12-13-1-6-16-17(11-13)24-10-9-23-16/h1-6,11,20H,7-10,12H2,(H,21,22). The van der Waals surface area contributed by atoms with Gasteiger partial charge in [0.05, 0.1) is 0 Å². The Morgan fingerprint density at radius 2 is 1.75 bits per heavy atom. The summed E-state index contributed by atoms with van der Waals surface area (Å²) in [6, 6.07) is 13.2. The summed E-state index contributed by atoms with van der Waals surface area (Å²) in [4.78, 5) is 12.0. The Hall–Kier alpha value is -2.05. The molecular formula is C18H19BrN2O3. The van der Waals surface area contributed by atoms with Gasteiger partial charge in [-0.2, -0.15) is 0 Å². The third kappa shape index (κ3) is 4.49. The van der Waals surface area contributed by atoms with Crippen LogP contribution in [0.25, 0.3) is 0 Å². The van der Waals surface area contributed by atoms with Gasteiger partial charge in [-0.05, 0) is 42.0 Å². The third-order valence-electron chi connectivity index (χ3n) is 3.63. The van der Waals surface area contributed by atoms with Crippen molar-refractivity contribution in [2.45, 2.75) is 6.54 Å². The van der Waals surface area contributed by atoms with Crippen LogP contribution in [0.3, 0.4) is 0 Å². The number of ether oxygens (including phenoxy) is 2. The van der Waals surface area contributed by atoms with Crippen LogP contribution >= 0.6 is 15.9 Å². The first kappa shape index (κ1) is 16.8. The fraction of sp³-hybridized carbons (Fsp3) is 0.278. The summed E-state index contributed by atoms with van der Waals surface area (Å²) >= 11 is 3.35. The summed E-state index contributed by atoms with van der Waals surface area (Å²) in [5, 5.41) is 6.20. The Morgan fingerprint density at radius 1 is 1.00 bits per heavy atom. The Balaban J connectivity index is 1.39. The number of carbonyl (C=O) groups is 1. The van der Waals surface area contributed by atoms with Gasteiger partial charge >= 0.3 is 0 Å². The number of hydrogen-bond donors (Lipinski definition) is 2. The number of fused-ring (bicyclic) bond motifs is 1. The number of hydrogen-bond acceptors (Lipinski definition) is 4. The SMILES string of the molecule is O=C(NCCNCc1ccc2c(c1)OCCO2)c1ccc(Br)cc1. The minimum absolute atomic E-state index is 0.0661. The zero-order chi connectivity index (χ0) is 16.8. The number of rotatable bonds is 6. The molecule has 5 nitrogen and oxygen atoms in total. The predicted molar refractivity (Wildman–Crippen MR) is 95.6 cm³/mol. The molecule has 1 aliphatic rings. The van der Waals surface area contributed by atoms with Crippen LogP contribution < -0.4 is 20.1 Å². The second-order valence-corrected chi connectivity index (χ2v) is 6.33. The summed E-state index contributed by atoms with van der Waals surface area (Å²) in [5.74, 6) is 1.53. The zero-order valence-corrected chi connectivity index (χ0v) is 14.8. The van der Waals surface area contributed by atoms with E-state index in [1.54, 1.807) is 12.1 Å². The van der Waals surface area contributed by atoms with Crippen molar-refractivity contribution in [3.05, 3.63) is 58.1 Å². The van der Waals surface area contributed by atoms with Crippen molar-refractivity contribution in [1.29, 1.82) is 0 Å². The van der Waals surface area contributed by atoms with Gasteiger partial charge in [-0.3, -0.25) is 4.79 Å². The van der Waals surface area contributed by atoms with Crippen LogP contribution in [0.1, 0.15) is 15.9 Å². The molecule has 2 aromatic carbocycles. The third-order valence-corrected chi connectivity index (χ3v) is 4.16. The van der Waals surface area contributed by atoms with Gasteiger partial charge in [0.25, 0.3) is 5.91 Å². The van der Waals surface area contributed by atoms with Gasteiger partial charge in [0.1, 0.15) is 13.2 Å². The van der Waals surface area contributed by atoms with Gasteiger partial charge in [0.2, 0.25) is 0 Å². The molecular weight excluding hydrogens is 372 g/mol. The van der Waals surface area contributed by atoms with E-state index < -0.39 is 0 Å². The number of amides is 1. The van der Waals surface area contributed by atoms with E-state index in [0.29, 0.717) is 38.4 Å². The summed E-state index contributed by atoms with van der Waals surface area (Å²) in [6.45, 7) is 3.16. The molecule has 0 unspecified atom stereocenters. The van der Waals surface area contributed by atoms with Crippen LogP contribution in [-0.2, 0) is 6.54 Å². The van der Waals surface area contributed by atoms with E-state index >= 15 is 0 Å². The molecule has 1 amide bonds. The second kappa shape index (κ2) is 8.17. The lowest BCUT2D eigenvalue weighted by molar-refractivity contribution is 0.0954. The molecule has 0 atom stereocenters. The average molecular weight is 391 g/mol. The van der Waals surface area contributed by atoms with Crippen molar-refractivity contribution < 1.29 is 14.3 Å². The molecule has 126 valence electrons. The topological polar surface area (TPSA) is 59.6 Å². The van der Waals surface area contributed by atoms with Gasteiger partial charge in [-0.1, -0.05) is 22.0 Å². The van der Waals surface area contributed by atoms with E-state index in [-0.39, 0.29) is 5.91 Å². The second-order valence-electron chi connectivity index (χ2n) is 5.42. The van der Waals surface area contributed by atoms with Crippen LogP contribution in [0.5, 0.6) is 11.5 Å². The minimum atomic E-state index is -0.0661. The zero-order valence-electron chi connectivity index (χ0n) is 13.2. The van der Waals surface area contributed by atoms with E-state index in [2.05, 4.69) is 26.6 Å². The quantitative estimate of drug-likeness (QED) is 0.744. The van der Waals surface area contributed by atoms with Crippen molar-refractivity contribution in [1.82, 2.24) is 10.6 Å². The van der Waals surface area contributed by atoms with E-state index in [1.165, 1.54) is 0 Å². The minimum Gasteiger partial charge on any atom is -0.486 e. The first-order valence-electron chi connectivity index (χ1n) is 7.85. The highest BCUT2D eigenvalue weighted by Gasteiger charge is 2.11. The van der Waals surface area contributed by atoms with Crippen LogP contribution in [0.15, 0.2) is 46.9 Å². The lowest BCUT2D eigenvalue weighted by atomic mass is 10.2. The lowest BCUT2D eigenvalue weighted by Gasteiger charge is -2.19. The van der Waals surface area contributed by atoms with Crippen molar-refractivity contribution in [2.75, 3.05) is 26.3 Å². The number of nitrogens with one attached hydrogen (secondary N) is 2. The summed E-state index contributed by atoms with van der Waals surface area (Å²) in [5.41, 5.74) is 1.78. The highest BCUT2D eigenvalue weighted by atomic mass is 79.9. The Morgan fingerprint density at radius 3 is 2.54 bits per heavy atom. The van der Waals surface area contributed by atoms with Crippen molar-refractivity contribution in [3.8, 4) is 11.5 Å². The van der Waals surface area contributed by atoms with Gasteiger partial charge in [0, 0.05) is 29.7 Å². The monoisotopic (exact) mass is 390 g/mol. The maximum atomic E-state index is 12.0. The highest BCUT2D eigenvalue weighted by Crippen LogP contribution is 2.30. The van der Waals surface area contributed by atoms with Gasteiger partial charge < -0.3 is 20.1 Å². The molecule has 3 rings (SSSR count). The Kier molecular flexibility index (Phi) is 5.72. The molecule has 2 N–H and O–H groups in total. The molecule has 0 spiro atoms. The summed E-state index contributed by atoms with van der Waals surface area (Å²) < 4.78 is 12.0. The first-order valence-corrected chi connectivity index (χ1v) is 8.65. The largest absolute Gasteiger partial charge is 0.486 e. The number of carbonyl (C=O) groups excluding carboxylic acids is 1. The molecule has 0 radical (unpaired) electrons. The molecule has 0 bridgehead atoms. The molecule has 0 aromatic heterocycles. The molecule has 0 saturated heterocycles. The van der Waals surface area contributed by atoms with Crippen molar-refractivity contribution >= 4 is 21.8 Å². The van der Waals surface area contributed by atoms with Crippen LogP contribution in [0.4, 0.5) is 0 Å². The van der Waals surface area contributed by atoms with E-state index in [0.717, 1.165) is 21.5 Å².